The van der Waals surface area contributed by atoms with Gasteiger partial charge in [-0.15, -0.1) is 0 Å². The van der Waals surface area contributed by atoms with Crippen LogP contribution in [-0.2, 0) is 21.4 Å². The van der Waals surface area contributed by atoms with Crippen molar-refractivity contribution in [2.24, 2.45) is 0 Å². The van der Waals surface area contributed by atoms with Crippen molar-refractivity contribution in [2.75, 3.05) is 12.8 Å². The molecule has 0 heterocycles. The molecule has 0 saturated carbocycles. The van der Waals surface area contributed by atoms with Gasteiger partial charge in [0.15, 0.2) is 0 Å². The molecular formula is C13H19ClN2O3S. The smallest absolute Gasteiger partial charge is 0.235 e. The third kappa shape index (κ3) is 5.48. The zero-order valence-corrected chi connectivity index (χ0v) is 13.3. The minimum Gasteiger partial charge on any atom is -0.351 e. The molecule has 0 radical (unpaired) electrons. The van der Waals surface area contributed by atoms with E-state index >= 15 is 0 Å². The predicted molar refractivity (Wildman–Crippen MR) is 80.0 cm³/mol. The minimum absolute atomic E-state index is 0.176. The first-order valence-corrected chi connectivity index (χ1v) is 8.40. The molecule has 0 aromatic heterocycles. The standard InChI is InChI=1S/C13H19ClN2O3S/c1-10(2)16(20(3,18)19)9-13(17)15-8-11-4-6-12(14)7-5-11/h4-7,10H,8-9H2,1-3H3,(H,15,17). The molecule has 1 aromatic carbocycles. The van der Waals surface area contributed by atoms with Gasteiger partial charge in [0, 0.05) is 17.6 Å². The van der Waals surface area contributed by atoms with E-state index in [2.05, 4.69) is 5.32 Å². The molecular weight excluding hydrogens is 300 g/mol. The van der Waals surface area contributed by atoms with Crippen molar-refractivity contribution in [3.05, 3.63) is 34.9 Å². The average molecular weight is 319 g/mol. The number of amides is 1. The van der Waals surface area contributed by atoms with Crippen molar-refractivity contribution in [1.82, 2.24) is 9.62 Å². The van der Waals surface area contributed by atoms with Gasteiger partial charge in [-0.3, -0.25) is 4.79 Å². The Morgan fingerprint density at radius 3 is 2.30 bits per heavy atom. The number of rotatable bonds is 6. The van der Waals surface area contributed by atoms with Crippen LogP contribution in [0.25, 0.3) is 0 Å². The van der Waals surface area contributed by atoms with E-state index in [1.54, 1.807) is 38.1 Å². The van der Waals surface area contributed by atoms with E-state index in [1.807, 2.05) is 0 Å². The summed E-state index contributed by atoms with van der Waals surface area (Å²) in [5.41, 5.74) is 0.901. The third-order valence-corrected chi connectivity index (χ3v) is 4.36. The molecule has 1 amide bonds. The first-order valence-electron chi connectivity index (χ1n) is 6.18. The van der Waals surface area contributed by atoms with E-state index in [0.29, 0.717) is 11.6 Å². The Morgan fingerprint density at radius 2 is 1.85 bits per heavy atom. The number of carbonyl (C=O) groups is 1. The van der Waals surface area contributed by atoms with Crippen LogP contribution in [-0.4, -0.2) is 37.5 Å². The van der Waals surface area contributed by atoms with Gasteiger partial charge in [-0.1, -0.05) is 23.7 Å². The van der Waals surface area contributed by atoms with Crippen LogP contribution in [0, 0.1) is 0 Å². The second-order valence-corrected chi connectivity index (χ2v) is 7.18. The number of nitrogens with one attached hydrogen (secondary N) is 1. The summed E-state index contributed by atoms with van der Waals surface area (Å²) in [6, 6.07) is 6.82. The van der Waals surface area contributed by atoms with Crippen molar-refractivity contribution in [1.29, 1.82) is 0 Å². The first kappa shape index (κ1) is 16.9. The van der Waals surface area contributed by atoms with Gasteiger partial charge in [0.25, 0.3) is 0 Å². The fourth-order valence-corrected chi connectivity index (χ4v) is 2.93. The lowest BCUT2D eigenvalue weighted by atomic mass is 10.2. The number of benzene rings is 1. The SMILES string of the molecule is CC(C)N(CC(=O)NCc1ccc(Cl)cc1)S(C)(=O)=O. The first-order chi connectivity index (χ1) is 9.20. The van der Waals surface area contributed by atoms with Crippen LogP contribution < -0.4 is 5.32 Å². The molecule has 0 aliphatic heterocycles. The van der Waals surface area contributed by atoms with Gasteiger partial charge in [-0.05, 0) is 31.5 Å². The molecule has 20 heavy (non-hydrogen) atoms. The van der Waals surface area contributed by atoms with Crippen molar-refractivity contribution in [2.45, 2.75) is 26.4 Å². The molecule has 0 fully saturated rings. The molecule has 0 saturated heterocycles. The number of hydrogen-bond donors (Lipinski definition) is 1. The second-order valence-electron chi connectivity index (χ2n) is 4.81. The Morgan fingerprint density at radius 1 is 1.30 bits per heavy atom. The maximum Gasteiger partial charge on any atom is 0.235 e. The van der Waals surface area contributed by atoms with E-state index in [4.69, 9.17) is 11.6 Å². The fraction of sp³-hybridized carbons (Fsp3) is 0.462. The lowest BCUT2D eigenvalue weighted by molar-refractivity contribution is -0.121. The largest absolute Gasteiger partial charge is 0.351 e. The summed E-state index contributed by atoms with van der Waals surface area (Å²) in [5, 5.41) is 3.32. The van der Waals surface area contributed by atoms with Crippen LogP contribution >= 0.6 is 11.6 Å². The number of nitrogens with zero attached hydrogens (tertiary/aromatic N) is 1. The molecule has 112 valence electrons. The zero-order chi connectivity index (χ0) is 15.3. The van der Waals surface area contributed by atoms with Gasteiger partial charge in [0.05, 0.1) is 12.8 Å². The summed E-state index contributed by atoms with van der Waals surface area (Å²) in [6.07, 6.45) is 1.10. The maximum absolute atomic E-state index is 11.8. The van der Waals surface area contributed by atoms with Crippen LogP contribution in [0.5, 0.6) is 0 Å². The fourth-order valence-electron chi connectivity index (χ4n) is 1.68. The number of hydrogen-bond acceptors (Lipinski definition) is 3. The van der Waals surface area contributed by atoms with E-state index in [1.165, 1.54) is 0 Å². The highest BCUT2D eigenvalue weighted by molar-refractivity contribution is 7.88. The lowest BCUT2D eigenvalue weighted by Crippen LogP contribution is -2.43. The molecule has 0 aliphatic rings. The van der Waals surface area contributed by atoms with Crippen LogP contribution in [0.15, 0.2) is 24.3 Å². The van der Waals surface area contributed by atoms with Crippen LogP contribution in [0.1, 0.15) is 19.4 Å². The van der Waals surface area contributed by atoms with Crippen LogP contribution in [0.3, 0.4) is 0 Å². The highest BCUT2D eigenvalue weighted by atomic mass is 35.5. The molecule has 0 aliphatic carbocycles. The molecule has 1 aromatic rings. The van der Waals surface area contributed by atoms with E-state index in [-0.39, 0.29) is 18.5 Å². The molecule has 0 unspecified atom stereocenters. The quantitative estimate of drug-likeness (QED) is 0.867. The summed E-state index contributed by atoms with van der Waals surface area (Å²) >= 11 is 5.77. The van der Waals surface area contributed by atoms with E-state index in [9.17, 15) is 13.2 Å². The van der Waals surface area contributed by atoms with Gasteiger partial charge in [-0.2, -0.15) is 4.31 Å². The van der Waals surface area contributed by atoms with Crippen molar-refractivity contribution in [3.8, 4) is 0 Å². The monoisotopic (exact) mass is 318 g/mol. The van der Waals surface area contributed by atoms with Crippen LogP contribution in [0.4, 0.5) is 0 Å². The van der Waals surface area contributed by atoms with Crippen molar-refractivity contribution >= 4 is 27.5 Å². The van der Waals surface area contributed by atoms with Crippen molar-refractivity contribution < 1.29 is 13.2 Å². The van der Waals surface area contributed by atoms with Gasteiger partial charge in [0.2, 0.25) is 15.9 Å². The number of halogens is 1. The van der Waals surface area contributed by atoms with Gasteiger partial charge < -0.3 is 5.32 Å². The van der Waals surface area contributed by atoms with E-state index < -0.39 is 10.0 Å². The maximum atomic E-state index is 11.8. The highest BCUT2D eigenvalue weighted by Gasteiger charge is 2.22. The van der Waals surface area contributed by atoms with Crippen LogP contribution in [0.2, 0.25) is 5.02 Å². The lowest BCUT2D eigenvalue weighted by Gasteiger charge is -2.23. The Kier molecular flexibility index (Phi) is 5.98. The van der Waals surface area contributed by atoms with Gasteiger partial charge in [0.1, 0.15) is 0 Å². The third-order valence-electron chi connectivity index (χ3n) is 2.70. The highest BCUT2D eigenvalue weighted by Crippen LogP contribution is 2.09. The summed E-state index contributed by atoms with van der Waals surface area (Å²) in [6.45, 7) is 3.62. The molecule has 0 bridgehead atoms. The second kappa shape index (κ2) is 7.06. The topological polar surface area (TPSA) is 66.5 Å². The Hall–Kier alpha value is -1.11. The summed E-state index contributed by atoms with van der Waals surface area (Å²) < 4.78 is 24.3. The molecule has 5 nitrogen and oxygen atoms in total. The van der Waals surface area contributed by atoms with Gasteiger partial charge >= 0.3 is 0 Å². The summed E-state index contributed by atoms with van der Waals surface area (Å²) in [7, 11) is -3.39. The molecule has 0 spiro atoms. The molecule has 0 atom stereocenters. The predicted octanol–water partition coefficient (Wildman–Crippen LogP) is 1.63. The molecule has 1 N–H and O–H groups in total. The van der Waals surface area contributed by atoms with Gasteiger partial charge in [-0.25, -0.2) is 8.42 Å². The molecule has 1 rings (SSSR count). The Labute approximate surface area is 125 Å². The summed E-state index contributed by atoms with van der Waals surface area (Å²) in [4.78, 5) is 11.8. The minimum atomic E-state index is -3.39. The molecule has 7 heteroatoms. The normalized spacial score (nSPS) is 11.9. The Bertz CT molecular complexity index is 555. The number of sulfonamides is 1. The Balaban J connectivity index is 2.57. The van der Waals surface area contributed by atoms with E-state index in [0.717, 1.165) is 16.1 Å². The number of carbonyl (C=O) groups excluding carboxylic acids is 1. The average Bonchev–Trinajstić information content (AvgIpc) is 2.33. The zero-order valence-electron chi connectivity index (χ0n) is 11.8. The summed E-state index contributed by atoms with van der Waals surface area (Å²) in [5.74, 6) is -0.334. The van der Waals surface area contributed by atoms with Crippen molar-refractivity contribution in [3.63, 3.8) is 0 Å².